The number of aromatic nitrogens is 1. The Bertz CT molecular complexity index is 1040. The summed E-state index contributed by atoms with van der Waals surface area (Å²) >= 11 is 0. The topological polar surface area (TPSA) is 3.88 Å². The third-order valence-electron chi connectivity index (χ3n) is 4.67. The lowest BCUT2D eigenvalue weighted by Gasteiger charge is -2.12. The monoisotopic (exact) mass is 311 g/mol. The summed E-state index contributed by atoms with van der Waals surface area (Å²) in [7, 11) is 1.94. The third-order valence-corrected chi connectivity index (χ3v) is 4.67. The van der Waals surface area contributed by atoms with Crippen molar-refractivity contribution in [1.29, 1.82) is 0 Å². The van der Waals surface area contributed by atoms with Gasteiger partial charge in [0.25, 0.3) is 0 Å². The molecule has 1 heterocycles. The van der Waals surface area contributed by atoms with Crippen molar-refractivity contribution < 1.29 is 13.1 Å². The first-order valence-electron chi connectivity index (χ1n) is 9.23. The van der Waals surface area contributed by atoms with Gasteiger partial charge in [-0.3, -0.25) is 0 Å². The maximum Gasteiger partial charge on any atom is 0.213 e. The first-order chi connectivity index (χ1) is 12.0. The minimum atomic E-state index is -2.16. The molecule has 0 atom stereocenters. The van der Waals surface area contributed by atoms with Gasteiger partial charge in [-0.2, -0.15) is 4.57 Å². The van der Waals surface area contributed by atoms with E-state index in [0.29, 0.717) is 16.7 Å². The molecule has 0 aliphatic carbocycles. The molecule has 0 spiro atoms. The summed E-state index contributed by atoms with van der Waals surface area (Å²) in [5, 5.41) is 0.862. The predicted molar refractivity (Wildman–Crippen MR) is 94.2 cm³/mol. The van der Waals surface area contributed by atoms with Gasteiger partial charge in [-0.15, -0.1) is 0 Å². The molecule has 2 aromatic carbocycles. The average Bonchev–Trinajstić information content (AvgIpc) is 2.55. The van der Waals surface area contributed by atoms with Crippen LogP contribution in [0.25, 0.3) is 22.2 Å². The van der Waals surface area contributed by atoms with Crippen LogP contribution in [0.4, 0.5) is 4.39 Å². The minimum absolute atomic E-state index is 0.179. The molecule has 0 bridgehead atoms. The first-order valence-corrected chi connectivity index (χ1v) is 7.73. The van der Waals surface area contributed by atoms with Crippen molar-refractivity contribution in [2.24, 2.45) is 7.05 Å². The Morgan fingerprint density at radius 3 is 2.39 bits per heavy atom. The molecule has 23 heavy (non-hydrogen) atoms. The van der Waals surface area contributed by atoms with E-state index < -0.39 is 6.85 Å². The quantitative estimate of drug-likeness (QED) is 0.556. The molecule has 0 N–H and O–H groups in total. The lowest BCUT2D eigenvalue weighted by atomic mass is 9.96. The van der Waals surface area contributed by atoms with Crippen molar-refractivity contribution in [3.63, 3.8) is 0 Å². The predicted octanol–water partition coefficient (Wildman–Crippen LogP) is 5.01. The number of rotatable bonds is 1. The van der Waals surface area contributed by atoms with Gasteiger partial charge in [0.2, 0.25) is 11.2 Å². The van der Waals surface area contributed by atoms with Crippen LogP contribution in [0.3, 0.4) is 0 Å². The third kappa shape index (κ3) is 2.42. The van der Waals surface area contributed by atoms with E-state index in [1.165, 1.54) is 0 Å². The summed E-state index contributed by atoms with van der Waals surface area (Å²) in [6.07, 6.45) is 0. The molecule has 1 aromatic heterocycles. The molecule has 1 nitrogen and oxygen atoms in total. The number of aryl methyl sites for hydroxylation is 5. The fourth-order valence-corrected chi connectivity index (χ4v) is 3.24. The van der Waals surface area contributed by atoms with Crippen molar-refractivity contribution in [2.75, 3.05) is 0 Å². The number of benzene rings is 2. The molecule has 0 aliphatic heterocycles. The van der Waals surface area contributed by atoms with E-state index >= 15 is 0 Å². The zero-order chi connectivity index (χ0) is 19.4. The maximum absolute atomic E-state index is 14.2. The van der Waals surface area contributed by atoms with E-state index in [-0.39, 0.29) is 5.82 Å². The van der Waals surface area contributed by atoms with E-state index in [1.807, 2.05) is 49.7 Å². The van der Waals surface area contributed by atoms with Crippen molar-refractivity contribution in [2.45, 2.75) is 34.5 Å². The Morgan fingerprint density at radius 1 is 0.957 bits per heavy atom. The van der Waals surface area contributed by atoms with E-state index in [0.717, 1.165) is 33.3 Å². The Kier molecular flexibility index (Phi) is 2.90. The highest BCUT2D eigenvalue weighted by atomic mass is 19.1. The van der Waals surface area contributed by atoms with Gasteiger partial charge in [0.05, 0.1) is 5.39 Å². The zero-order valence-electron chi connectivity index (χ0n) is 17.2. The van der Waals surface area contributed by atoms with Crippen LogP contribution in [0, 0.1) is 40.4 Å². The van der Waals surface area contributed by atoms with Gasteiger partial charge < -0.3 is 0 Å². The SMILES string of the molecule is [2H]C([2H])([2H])c1cc(C)cc(-c2ccc3c(C)c(F)c(C)cc3[n+]2C)c1C. The lowest BCUT2D eigenvalue weighted by molar-refractivity contribution is -0.633. The first kappa shape index (κ1) is 12.2. The summed E-state index contributed by atoms with van der Waals surface area (Å²) in [6, 6.07) is 9.44. The molecule has 3 aromatic rings. The fraction of sp³-hybridized carbons (Fsp3) is 0.286. The summed E-state index contributed by atoms with van der Waals surface area (Å²) in [5.74, 6) is -0.179. The van der Waals surface area contributed by atoms with E-state index in [9.17, 15) is 4.39 Å². The van der Waals surface area contributed by atoms with Crippen LogP contribution in [-0.4, -0.2) is 0 Å². The van der Waals surface area contributed by atoms with Crippen LogP contribution in [0.1, 0.15) is 31.9 Å². The Hall–Kier alpha value is -2.22. The second-order valence-electron chi connectivity index (χ2n) is 6.33. The zero-order valence-corrected chi connectivity index (χ0v) is 14.2. The van der Waals surface area contributed by atoms with Crippen LogP contribution in [0.15, 0.2) is 30.3 Å². The lowest BCUT2D eigenvalue weighted by Crippen LogP contribution is -2.32. The van der Waals surface area contributed by atoms with Crippen LogP contribution in [-0.2, 0) is 7.05 Å². The van der Waals surface area contributed by atoms with E-state index in [1.54, 1.807) is 19.9 Å². The highest BCUT2D eigenvalue weighted by Gasteiger charge is 2.20. The summed E-state index contributed by atoms with van der Waals surface area (Å²) in [4.78, 5) is 0. The van der Waals surface area contributed by atoms with Gasteiger partial charge in [0.15, 0.2) is 0 Å². The number of halogens is 1. The molecule has 0 saturated heterocycles. The second-order valence-corrected chi connectivity index (χ2v) is 6.33. The summed E-state index contributed by atoms with van der Waals surface area (Å²) < 4.78 is 39.7. The molecule has 0 radical (unpaired) electrons. The smallest absolute Gasteiger partial charge is 0.206 e. The van der Waals surface area contributed by atoms with Crippen LogP contribution in [0.2, 0.25) is 0 Å². The van der Waals surface area contributed by atoms with Crippen molar-refractivity contribution >= 4 is 10.9 Å². The summed E-state index contributed by atoms with van der Waals surface area (Å²) in [5.41, 5.74) is 5.99. The number of hydrogen-bond donors (Lipinski definition) is 0. The van der Waals surface area contributed by atoms with Crippen molar-refractivity contribution in [3.05, 3.63) is 64.0 Å². The van der Waals surface area contributed by atoms with E-state index in [2.05, 4.69) is 0 Å². The Morgan fingerprint density at radius 2 is 1.70 bits per heavy atom. The van der Waals surface area contributed by atoms with Crippen LogP contribution >= 0.6 is 0 Å². The van der Waals surface area contributed by atoms with Gasteiger partial charge in [0, 0.05) is 21.8 Å². The minimum Gasteiger partial charge on any atom is -0.206 e. The number of fused-ring (bicyclic) bond motifs is 1. The largest absolute Gasteiger partial charge is 0.213 e. The second kappa shape index (κ2) is 5.45. The number of pyridine rings is 1. The Labute approximate surface area is 141 Å². The molecule has 0 unspecified atom stereocenters. The summed E-state index contributed by atoms with van der Waals surface area (Å²) in [6.45, 7) is 5.15. The van der Waals surface area contributed by atoms with E-state index in [4.69, 9.17) is 4.11 Å². The fourth-order valence-electron chi connectivity index (χ4n) is 3.24. The molecule has 0 fully saturated rings. The molecular weight excluding hydrogens is 285 g/mol. The molecular formula is C21H23FN+. The van der Waals surface area contributed by atoms with Crippen LogP contribution < -0.4 is 4.57 Å². The van der Waals surface area contributed by atoms with Gasteiger partial charge in [-0.25, -0.2) is 4.39 Å². The van der Waals surface area contributed by atoms with Gasteiger partial charge in [-0.1, -0.05) is 11.6 Å². The normalized spacial score (nSPS) is 13.7. The highest BCUT2D eigenvalue weighted by molar-refractivity contribution is 5.82. The molecule has 2 heteroatoms. The van der Waals surface area contributed by atoms with Gasteiger partial charge in [-0.05, 0) is 68.9 Å². The molecule has 0 amide bonds. The molecule has 118 valence electrons. The van der Waals surface area contributed by atoms with Crippen molar-refractivity contribution in [1.82, 2.24) is 0 Å². The van der Waals surface area contributed by atoms with Gasteiger partial charge >= 0.3 is 0 Å². The van der Waals surface area contributed by atoms with Crippen LogP contribution in [0.5, 0.6) is 0 Å². The molecule has 0 saturated carbocycles. The highest BCUT2D eigenvalue weighted by Crippen LogP contribution is 2.28. The number of hydrogen-bond acceptors (Lipinski definition) is 0. The molecule has 0 aliphatic rings. The maximum atomic E-state index is 14.2. The number of nitrogens with zero attached hydrogens (tertiary/aromatic N) is 1. The van der Waals surface area contributed by atoms with Crippen molar-refractivity contribution in [3.8, 4) is 11.3 Å². The Balaban J connectivity index is 2.36. The average molecular weight is 311 g/mol. The molecule has 3 rings (SSSR count). The standard InChI is InChI=1S/C21H23FN/c1-12-9-13(2)15(4)18(10-12)19-8-7-17-16(5)21(22)14(3)11-20(17)23(19)6/h7-11H,1-6H3/q+1/i2D3. The van der Waals surface area contributed by atoms with Gasteiger partial charge in [0.1, 0.15) is 12.9 Å².